The first-order valence-electron chi connectivity index (χ1n) is 6.36. The van der Waals surface area contributed by atoms with E-state index in [4.69, 9.17) is 4.74 Å². The van der Waals surface area contributed by atoms with Crippen LogP contribution < -0.4 is 0 Å². The first-order valence-corrected chi connectivity index (χ1v) is 6.36. The van der Waals surface area contributed by atoms with Crippen LogP contribution in [0.1, 0.15) is 17.5 Å². The molecule has 104 valence electrons. The average Bonchev–Trinajstić information content (AvgIpc) is 2.98. The molecule has 0 saturated carbocycles. The van der Waals surface area contributed by atoms with Gasteiger partial charge in [-0.2, -0.15) is 0 Å². The predicted octanol–water partition coefficient (Wildman–Crippen LogP) is -0.269. The molecule has 2 heterocycles. The number of nitrogens with zero attached hydrogens (tertiary/aromatic N) is 3. The van der Waals surface area contributed by atoms with Crippen LogP contribution in [0.5, 0.6) is 0 Å². The topological polar surface area (TPSA) is 78.5 Å². The third kappa shape index (κ3) is 3.62. The van der Waals surface area contributed by atoms with E-state index in [1.165, 1.54) is 12.4 Å². The molecule has 7 heteroatoms. The second-order valence-electron chi connectivity index (χ2n) is 4.38. The highest BCUT2D eigenvalue weighted by Gasteiger charge is 2.22. The van der Waals surface area contributed by atoms with Crippen LogP contribution in [0, 0.1) is 0 Å². The van der Waals surface area contributed by atoms with E-state index < -0.39 is 11.8 Å². The maximum Gasteiger partial charge on any atom is 0.384 e. The van der Waals surface area contributed by atoms with Crippen LogP contribution >= 0.6 is 0 Å². The fraction of sp³-hybridized carbons (Fsp3) is 0.583. The quantitative estimate of drug-likeness (QED) is 0.449. The Labute approximate surface area is 111 Å². The molecule has 0 amide bonds. The number of ether oxygens (including phenoxy) is 1. The Balaban J connectivity index is 1.74. The van der Waals surface area contributed by atoms with Crippen molar-refractivity contribution in [2.75, 3.05) is 39.5 Å². The van der Waals surface area contributed by atoms with E-state index in [2.05, 4.69) is 21.8 Å². The van der Waals surface area contributed by atoms with Crippen LogP contribution in [-0.2, 0) is 9.53 Å². The lowest BCUT2D eigenvalue weighted by atomic mass is 10.3. The number of hydrogen-bond donors (Lipinski definition) is 1. The first-order chi connectivity index (χ1) is 9.20. The van der Waals surface area contributed by atoms with Crippen LogP contribution in [0.2, 0.25) is 0 Å². The Morgan fingerprint density at radius 1 is 1.32 bits per heavy atom. The van der Waals surface area contributed by atoms with Gasteiger partial charge >= 0.3 is 11.8 Å². The Hall–Kier alpha value is -1.73. The minimum absolute atomic E-state index is 0.0146. The van der Waals surface area contributed by atoms with Crippen molar-refractivity contribution in [3.05, 3.63) is 18.2 Å². The van der Waals surface area contributed by atoms with Crippen molar-refractivity contribution in [2.24, 2.45) is 0 Å². The largest absolute Gasteiger partial charge is 0.443 e. The van der Waals surface area contributed by atoms with Gasteiger partial charge in [0.05, 0.1) is 0 Å². The molecule has 1 saturated heterocycles. The number of H-pyrrole nitrogens is 1. The van der Waals surface area contributed by atoms with Gasteiger partial charge in [-0.05, 0) is 6.54 Å². The van der Waals surface area contributed by atoms with Gasteiger partial charge in [-0.15, -0.1) is 0 Å². The second kappa shape index (κ2) is 6.44. The van der Waals surface area contributed by atoms with Crippen LogP contribution in [0.3, 0.4) is 0 Å². The number of nitrogens with one attached hydrogen (secondary N) is 1. The first kappa shape index (κ1) is 13.7. The number of Topliss-reactive ketones (excluding diaryl/α,β-unsaturated/α-hetero) is 1. The molecule has 0 unspecified atom stereocenters. The standard InChI is InChI=1S/C12H18N4O3/c1-2-15-5-7-16(8-6-15)9-19-12(18)10(17)11-13-3-4-14-11/h3-4H,2,5-9H2,1H3,(H,13,14). The number of hydrogen-bond acceptors (Lipinski definition) is 6. The van der Waals surface area contributed by atoms with Gasteiger partial charge in [0.25, 0.3) is 0 Å². The SMILES string of the molecule is CCN1CCN(COC(=O)C(=O)c2ncc[nH]2)CC1. The predicted molar refractivity (Wildman–Crippen MR) is 67.6 cm³/mol. The fourth-order valence-electron chi connectivity index (χ4n) is 1.94. The van der Waals surface area contributed by atoms with Crippen molar-refractivity contribution in [3.8, 4) is 0 Å². The summed E-state index contributed by atoms with van der Waals surface area (Å²) in [6.07, 6.45) is 2.91. The Morgan fingerprint density at radius 2 is 2.00 bits per heavy atom. The van der Waals surface area contributed by atoms with Gasteiger partial charge in [-0.3, -0.25) is 9.69 Å². The zero-order valence-corrected chi connectivity index (χ0v) is 11.0. The highest BCUT2D eigenvalue weighted by molar-refractivity contribution is 6.39. The summed E-state index contributed by atoms with van der Waals surface area (Å²) in [5.74, 6) is -1.59. The molecule has 7 nitrogen and oxygen atoms in total. The second-order valence-corrected chi connectivity index (χ2v) is 4.38. The number of carbonyl (C=O) groups is 2. The summed E-state index contributed by atoms with van der Waals surface area (Å²) in [4.78, 5) is 33.8. The molecule has 1 aliphatic heterocycles. The molecule has 19 heavy (non-hydrogen) atoms. The highest BCUT2D eigenvalue weighted by atomic mass is 16.5. The molecule has 0 radical (unpaired) electrons. The summed E-state index contributed by atoms with van der Waals surface area (Å²) < 4.78 is 4.99. The van der Waals surface area contributed by atoms with E-state index in [0.717, 1.165) is 32.7 Å². The molecule has 1 aliphatic rings. The highest BCUT2D eigenvalue weighted by Crippen LogP contribution is 2.02. The van der Waals surface area contributed by atoms with Crippen molar-refractivity contribution in [3.63, 3.8) is 0 Å². The third-order valence-electron chi connectivity index (χ3n) is 3.19. The normalized spacial score (nSPS) is 17.3. The zero-order valence-electron chi connectivity index (χ0n) is 11.0. The lowest BCUT2D eigenvalue weighted by molar-refractivity contribution is -0.143. The molecule has 0 aromatic carbocycles. The fourth-order valence-corrected chi connectivity index (χ4v) is 1.94. The van der Waals surface area contributed by atoms with E-state index >= 15 is 0 Å². The number of aromatic nitrogens is 2. The maximum atomic E-state index is 11.6. The summed E-state index contributed by atoms with van der Waals surface area (Å²) in [6.45, 7) is 6.91. The summed E-state index contributed by atoms with van der Waals surface area (Å²) in [7, 11) is 0. The van der Waals surface area contributed by atoms with Gasteiger partial charge in [0.15, 0.2) is 5.82 Å². The monoisotopic (exact) mass is 266 g/mol. The molecule has 0 atom stereocenters. The van der Waals surface area contributed by atoms with Crippen LogP contribution in [0.25, 0.3) is 0 Å². The Kier molecular flexibility index (Phi) is 4.64. The van der Waals surface area contributed by atoms with E-state index in [0.29, 0.717) is 0 Å². The van der Waals surface area contributed by atoms with Crippen LogP contribution in [0.4, 0.5) is 0 Å². The molecule has 0 spiro atoms. The number of esters is 1. The summed E-state index contributed by atoms with van der Waals surface area (Å²) >= 11 is 0. The summed E-state index contributed by atoms with van der Waals surface area (Å²) in [5, 5.41) is 0. The van der Waals surface area contributed by atoms with Gasteiger partial charge in [-0.25, -0.2) is 9.78 Å². The van der Waals surface area contributed by atoms with Crippen molar-refractivity contribution >= 4 is 11.8 Å². The molecule has 1 N–H and O–H groups in total. The minimum Gasteiger partial charge on any atom is -0.443 e. The van der Waals surface area contributed by atoms with Gasteiger partial charge in [0.1, 0.15) is 6.73 Å². The Bertz CT molecular complexity index is 424. The Morgan fingerprint density at radius 3 is 2.58 bits per heavy atom. The third-order valence-corrected chi connectivity index (χ3v) is 3.19. The van der Waals surface area contributed by atoms with Gasteiger partial charge < -0.3 is 14.6 Å². The molecular weight excluding hydrogens is 248 g/mol. The number of piperazine rings is 1. The van der Waals surface area contributed by atoms with Crippen LogP contribution in [0.15, 0.2) is 12.4 Å². The number of carbonyl (C=O) groups excluding carboxylic acids is 2. The zero-order chi connectivity index (χ0) is 13.7. The number of likely N-dealkylation sites (N-methyl/N-ethyl adjacent to an activating group) is 1. The number of ketones is 1. The summed E-state index contributed by atoms with van der Waals surface area (Å²) in [5.41, 5.74) is 0. The minimum atomic E-state index is -0.868. The molecule has 2 rings (SSSR count). The van der Waals surface area contributed by atoms with E-state index in [1.54, 1.807) is 0 Å². The smallest absolute Gasteiger partial charge is 0.384 e. The van der Waals surface area contributed by atoms with Gasteiger partial charge in [-0.1, -0.05) is 6.92 Å². The van der Waals surface area contributed by atoms with Crippen molar-refractivity contribution in [1.29, 1.82) is 0 Å². The molecule has 1 fully saturated rings. The van der Waals surface area contributed by atoms with Crippen LogP contribution in [-0.4, -0.2) is 71.0 Å². The van der Waals surface area contributed by atoms with Crippen molar-refractivity contribution in [1.82, 2.24) is 19.8 Å². The van der Waals surface area contributed by atoms with E-state index in [1.807, 2.05) is 4.90 Å². The van der Waals surface area contributed by atoms with E-state index in [-0.39, 0.29) is 12.6 Å². The average molecular weight is 266 g/mol. The van der Waals surface area contributed by atoms with Gasteiger partial charge in [0, 0.05) is 38.6 Å². The molecule has 1 aromatic rings. The lowest BCUT2D eigenvalue weighted by Gasteiger charge is -2.33. The van der Waals surface area contributed by atoms with Crippen molar-refractivity contribution in [2.45, 2.75) is 6.92 Å². The van der Waals surface area contributed by atoms with E-state index in [9.17, 15) is 9.59 Å². The molecule has 1 aromatic heterocycles. The molecular formula is C12H18N4O3. The van der Waals surface area contributed by atoms with Gasteiger partial charge in [0.2, 0.25) is 0 Å². The number of rotatable bonds is 5. The van der Waals surface area contributed by atoms with Crippen molar-refractivity contribution < 1.29 is 14.3 Å². The lowest BCUT2D eigenvalue weighted by Crippen LogP contribution is -2.47. The maximum absolute atomic E-state index is 11.6. The summed E-state index contributed by atoms with van der Waals surface area (Å²) in [6, 6.07) is 0. The number of imidazole rings is 1. The molecule has 0 bridgehead atoms. The number of aromatic amines is 1. The molecule has 0 aliphatic carbocycles.